The molecule has 0 bridgehead atoms. The monoisotopic (exact) mass is 442 g/mol. The van der Waals surface area contributed by atoms with E-state index in [9.17, 15) is 19.2 Å². The highest BCUT2D eigenvalue weighted by atomic mass is 16.5. The number of nitrogens with zero attached hydrogens (tertiary/aromatic N) is 1. The second-order valence-corrected chi connectivity index (χ2v) is 7.76. The molecule has 166 valence electrons. The van der Waals surface area contributed by atoms with Gasteiger partial charge in [0.1, 0.15) is 6.04 Å². The molecule has 1 atom stereocenters. The lowest BCUT2D eigenvalue weighted by atomic mass is 10.0. The number of hydrogen-bond donors (Lipinski definition) is 1. The molecule has 1 aliphatic heterocycles. The molecule has 0 unspecified atom stereocenters. The average Bonchev–Trinajstić information content (AvgIpc) is 3.07. The quantitative estimate of drug-likeness (QED) is 0.447. The predicted octanol–water partition coefficient (Wildman–Crippen LogP) is 3.38. The van der Waals surface area contributed by atoms with Crippen LogP contribution in [0.1, 0.15) is 31.8 Å². The number of carbonyl (C=O) groups excluding carboxylic acids is 4. The van der Waals surface area contributed by atoms with E-state index in [1.165, 1.54) is 0 Å². The number of amides is 3. The van der Waals surface area contributed by atoms with Gasteiger partial charge in [0.25, 0.3) is 17.7 Å². The molecule has 7 heteroatoms. The van der Waals surface area contributed by atoms with Crippen LogP contribution in [0.15, 0.2) is 78.9 Å². The normalized spacial score (nSPS) is 13.4. The number of fused-ring (bicyclic) bond motifs is 1. The zero-order valence-corrected chi connectivity index (χ0v) is 18.0. The maximum atomic E-state index is 13.0. The third kappa shape index (κ3) is 4.82. The Balaban J connectivity index is 1.51. The van der Waals surface area contributed by atoms with Gasteiger partial charge in [0.05, 0.1) is 11.1 Å². The first kappa shape index (κ1) is 22.0. The van der Waals surface area contributed by atoms with E-state index in [2.05, 4.69) is 5.32 Å². The van der Waals surface area contributed by atoms with Crippen LogP contribution >= 0.6 is 0 Å². The highest BCUT2D eigenvalue weighted by Crippen LogP contribution is 2.26. The zero-order chi connectivity index (χ0) is 23.4. The van der Waals surface area contributed by atoms with Gasteiger partial charge in [0.2, 0.25) is 0 Å². The van der Waals surface area contributed by atoms with Crippen molar-refractivity contribution in [2.24, 2.45) is 0 Å². The molecular formula is C26H22N2O5. The molecule has 4 rings (SSSR count). The number of imide groups is 1. The Morgan fingerprint density at radius 2 is 1.52 bits per heavy atom. The molecule has 3 aromatic carbocycles. The molecule has 33 heavy (non-hydrogen) atoms. The first-order valence-electron chi connectivity index (χ1n) is 10.5. The van der Waals surface area contributed by atoms with Crippen molar-refractivity contribution in [1.29, 1.82) is 0 Å². The van der Waals surface area contributed by atoms with Gasteiger partial charge in [0, 0.05) is 12.1 Å². The molecule has 0 saturated carbocycles. The van der Waals surface area contributed by atoms with Crippen molar-refractivity contribution >= 4 is 29.4 Å². The fraction of sp³-hybridized carbons (Fsp3) is 0.154. The second kappa shape index (κ2) is 9.48. The van der Waals surface area contributed by atoms with Crippen molar-refractivity contribution in [1.82, 2.24) is 4.90 Å². The molecule has 1 N–H and O–H groups in total. The summed E-state index contributed by atoms with van der Waals surface area (Å²) < 4.78 is 5.25. The van der Waals surface area contributed by atoms with Crippen LogP contribution < -0.4 is 5.32 Å². The number of anilines is 1. The molecule has 0 aliphatic carbocycles. The summed E-state index contributed by atoms with van der Waals surface area (Å²) in [5.74, 6) is -2.46. The summed E-state index contributed by atoms with van der Waals surface area (Å²) in [7, 11) is 0. The van der Waals surface area contributed by atoms with Crippen LogP contribution in [-0.2, 0) is 20.7 Å². The fourth-order valence-electron chi connectivity index (χ4n) is 3.76. The van der Waals surface area contributed by atoms with Gasteiger partial charge in [-0.15, -0.1) is 0 Å². The van der Waals surface area contributed by atoms with Crippen molar-refractivity contribution in [2.75, 3.05) is 11.9 Å². The van der Waals surface area contributed by atoms with Crippen LogP contribution in [0.4, 0.5) is 5.69 Å². The molecule has 7 nitrogen and oxygen atoms in total. The molecule has 1 aliphatic rings. The van der Waals surface area contributed by atoms with Crippen molar-refractivity contribution in [2.45, 2.75) is 19.4 Å². The summed E-state index contributed by atoms with van der Waals surface area (Å²) in [6, 6.07) is 21.4. The van der Waals surface area contributed by atoms with Crippen LogP contribution in [0.3, 0.4) is 0 Å². The minimum atomic E-state index is -1.20. The third-order valence-electron chi connectivity index (χ3n) is 5.33. The summed E-state index contributed by atoms with van der Waals surface area (Å²) in [4.78, 5) is 52.2. The Morgan fingerprint density at radius 1 is 0.879 bits per heavy atom. The number of nitrogens with one attached hydrogen (secondary N) is 1. The van der Waals surface area contributed by atoms with Crippen molar-refractivity contribution in [3.05, 3.63) is 101 Å². The molecule has 0 spiro atoms. The Kier molecular flexibility index (Phi) is 6.31. The van der Waals surface area contributed by atoms with Crippen molar-refractivity contribution < 1.29 is 23.9 Å². The maximum Gasteiger partial charge on any atom is 0.330 e. The van der Waals surface area contributed by atoms with E-state index in [1.54, 1.807) is 66.7 Å². The lowest BCUT2D eigenvalue weighted by Crippen LogP contribution is -2.47. The third-order valence-corrected chi connectivity index (χ3v) is 5.33. The summed E-state index contributed by atoms with van der Waals surface area (Å²) in [5, 5.41) is 2.66. The van der Waals surface area contributed by atoms with Gasteiger partial charge in [-0.3, -0.25) is 19.3 Å². The standard InChI is InChI=1S/C26H22N2O5/c1-17-8-7-11-19(14-17)27-23(29)16-33-26(32)22(15-18-9-3-2-4-10-18)28-24(30)20-12-5-6-13-21(20)25(28)31/h2-14,22H,15-16H2,1H3,(H,27,29)/t22-/m0/s1. The number of esters is 1. The highest BCUT2D eigenvalue weighted by Gasteiger charge is 2.43. The molecule has 3 amide bonds. The van der Waals surface area contributed by atoms with Crippen LogP contribution in [0, 0.1) is 6.92 Å². The Labute approximate surface area is 191 Å². The predicted molar refractivity (Wildman–Crippen MR) is 122 cm³/mol. The van der Waals surface area contributed by atoms with Gasteiger partial charge in [-0.25, -0.2) is 4.79 Å². The van der Waals surface area contributed by atoms with Crippen molar-refractivity contribution in [3.63, 3.8) is 0 Å². The van der Waals surface area contributed by atoms with Gasteiger partial charge < -0.3 is 10.1 Å². The van der Waals surface area contributed by atoms with E-state index < -0.39 is 36.3 Å². The van der Waals surface area contributed by atoms with Crippen LogP contribution in [0.2, 0.25) is 0 Å². The molecule has 0 saturated heterocycles. The second-order valence-electron chi connectivity index (χ2n) is 7.76. The van der Waals surface area contributed by atoms with Crippen LogP contribution in [0.25, 0.3) is 0 Å². The van der Waals surface area contributed by atoms with E-state index >= 15 is 0 Å². The molecule has 3 aromatic rings. The van der Waals surface area contributed by atoms with E-state index in [1.807, 2.05) is 19.1 Å². The molecule has 0 radical (unpaired) electrons. The number of rotatable bonds is 7. The number of ether oxygens (including phenoxy) is 1. The molecular weight excluding hydrogens is 420 g/mol. The highest BCUT2D eigenvalue weighted by molar-refractivity contribution is 6.22. The Bertz CT molecular complexity index is 1190. The summed E-state index contributed by atoms with van der Waals surface area (Å²) in [5.41, 5.74) is 2.78. The van der Waals surface area contributed by atoms with Gasteiger partial charge in [-0.2, -0.15) is 0 Å². The Hall–Kier alpha value is -4.26. The van der Waals surface area contributed by atoms with Crippen molar-refractivity contribution in [3.8, 4) is 0 Å². The summed E-state index contributed by atoms with van der Waals surface area (Å²) in [6.07, 6.45) is 0.0740. The minimum Gasteiger partial charge on any atom is -0.454 e. The Morgan fingerprint density at radius 3 is 2.15 bits per heavy atom. The number of hydrogen-bond acceptors (Lipinski definition) is 5. The topological polar surface area (TPSA) is 92.8 Å². The van der Waals surface area contributed by atoms with Gasteiger partial charge in [0.15, 0.2) is 6.61 Å². The zero-order valence-electron chi connectivity index (χ0n) is 18.0. The largest absolute Gasteiger partial charge is 0.454 e. The summed E-state index contributed by atoms with van der Waals surface area (Å²) >= 11 is 0. The maximum absolute atomic E-state index is 13.0. The lowest BCUT2D eigenvalue weighted by Gasteiger charge is -2.24. The number of carbonyl (C=O) groups is 4. The molecule has 0 aromatic heterocycles. The van der Waals surface area contributed by atoms with Gasteiger partial charge in [-0.1, -0.05) is 54.6 Å². The van der Waals surface area contributed by atoms with Gasteiger partial charge >= 0.3 is 5.97 Å². The number of benzene rings is 3. The molecule has 0 fully saturated rings. The van der Waals surface area contributed by atoms with E-state index in [-0.39, 0.29) is 17.5 Å². The smallest absolute Gasteiger partial charge is 0.330 e. The number of aryl methyl sites for hydroxylation is 1. The SMILES string of the molecule is Cc1cccc(NC(=O)COC(=O)[C@H](Cc2ccccc2)N2C(=O)c3ccccc3C2=O)c1. The van der Waals surface area contributed by atoms with Crippen LogP contribution in [0.5, 0.6) is 0 Å². The van der Waals surface area contributed by atoms with E-state index in [4.69, 9.17) is 4.74 Å². The van der Waals surface area contributed by atoms with E-state index in [0.29, 0.717) is 5.69 Å². The first-order valence-corrected chi connectivity index (χ1v) is 10.5. The minimum absolute atomic E-state index is 0.0740. The summed E-state index contributed by atoms with van der Waals surface area (Å²) in [6.45, 7) is 1.35. The van der Waals surface area contributed by atoms with Gasteiger partial charge in [-0.05, 0) is 42.3 Å². The molecule has 1 heterocycles. The van der Waals surface area contributed by atoms with Crippen LogP contribution in [-0.4, -0.2) is 41.2 Å². The average molecular weight is 442 g/mol. The lowest BCUT2D eigenvalue weighted by molar-refractivity contribution is -0.151. The fourth-order valence-corrected chi connectivity index (χ4v) is 3.76. The van der Waals surface area contributed by atoms with E-state index in [0.717, 1.165) is 16.0 Å². The first-order chi connectivity index (χ1) is 15.9.